The number of aryl methyl sites for hydroxylation is 1. The third-order valence-corrected chi connectivity index (χ3v) is 4.23. The third-order valence-electron chi connectivity index (χ3n) is 3.78. The van der Waals surface area contributed by atoms with Gasteiger partial charge in [-0.3, -0.25) is 4.79 Å². The van der Waals surface area contributed by atoms with Crippen molar-refractivity contribution in [3.05, 3.63) is 33.8 Å². The lowest BCUT2D eigenvalue weighted by Gasteiger charge is -2.28. The summed E-state index contributed by atoms with van der Waals surface area (Å²) in [5.41, 5.74) is 7.26. The number of carbonyl (C=O) groups excluding carboxylic acids is 1. The van der Waals surface area contributed by atoms with Crippen LogP contribution in [0.4, 0.5) is 0 Å². The van der Waals surface area contributed by atoms with Crippen LogP contribution in [0, 0.1) is 6.92 Å². The van der Waals surface area contributed by atoms with Crippen molar-refractivity contribution < 1.29 is 10.0 Å². The molecule has 5 nitrogen and oxygen atoms in total. The van der Waals surface area contributed by atoms with Crippen LogP contribution in [0.25, 0.3) is 0 Å². The highest BCUT2D eigenvalue weighted by molar-refractivity contribution is 9.10. The van der Waals surface area contributed by atoms with Crippen molar-refractivity contribution >= 4 is 27.7 Å². The lowest BCUT2D eigenvalue weighted by molar-refractivity contribution is 0.0712. The van der Waals surface area contributed by atoms with Gasteiger partial charge in [0, 0.05) is 16.1 Å². The van der Waals surface area contributed by atoms with Crippen molar-refractivity contribution in [2.24, 2.45) is 10.9 Å². The number of hydrogen-bond donors (Lipinski definition) is 2. The average Bonchev–Trinajstić information content (AvgIpc) is 2.96. The standard InChI is InChI=1S/C15H20BrN3O2/c1-10-6-11(8-12(16)7-10)15(20)19(9-14(17)18-21)13-4-2-3-5-13/h6-8,13,21H,2-5,9H2,1H3,(H2,17,18). The summed E-state index contributed by atoms with van der Waals surface area (Å²) in [5.74, 6) is -0.0140. The highest BCUT2D eigenvalue weighted by Gasteiger charge is 2.28. The van der Waals surface area contributed by atoms with E-state index in [1.165, 1.54) is 0 Å². The van der Waals surface area contributed by atoms with Crippen molar-refractivity contribution in [2.45, 2.75) is 38.6 Å². The van der Waals surface area contributed by atoms with E-state index in [9.17, 15) is 4.79 Å². The molecule has 0 atom stereocenters. The first-order valence-corrected chi connectivity index (χ1v) is 7.85. The lowest BCUT2D eigenvalue weighted by Crippen LogP contribution is -2.44. The third kappa shape index (κ3) is 3.97. The number of nitrogens with zero attached hydrogens (tertiary/aromatic N) is 2. The summed E-state index contributed by atoms with van der Waals surface area (Å²) < 4.78 is 0.876. The molecule has 3 N–H and O–H groups in total. The van der Waals surface area contributed by atoms with Gasteiger partial charge < -0.3 is 15.8 Å². The Morgan fingerprint density at radius 1 is 1.43 bits per heavy atom. The minimum absolute atomic E-state index is 0.0574. The van der Waals surface area contributed by atoms with Gasteiger partial charge >= 0.3 is 0 Å². The number of carbonyl (C=O) groups is 1. The maximum atomic E-state index is 12.8. The Balaban J connectivity index is 2.28. The molecule has 0 unspecified atom stereocenters. The largest absolute Gasteiger partial charge is 0.409 e. The van der Waals surface area contributed by atoms with Gasteiger partial charge in [-0.1, -0.05) is 33.9 Å². The Labute approximate surface area is 132 Å². The van der Waals surface area contributed by atoms with E-state index < -0.39 is 0 Å². The number of halogens is 1. The Morgan fingerprint density at radius 2 is 2.10 bits per heavy atom. The number of oxime groups is 1. The van der Waals surface area contributed by atoms with Gasteiger partial charge in [-0.15, -0.1) is 0 Å². The zero-order chi connectivity index (χ0) is 15.4. The van der Waals surface area contributed by atoms with E-state index in [2.05, 4.69) is 21.1 Å². The SMILES string of the molecule is Cc1cc(Br)cc(C(=O)N(C/C(N)=N/O)C2CCCC2)c1. The molecular formula is C15H20BrN3O2. The molecule has 1 aliphatic carbocycles. The second kappa shape index (κ2) is 6.93. The van der Waals surface area contributed by atoms with Gasteiger partial charge in [0.2, 0.25) is 0 Å². The molecule has 1 aromatic rings. The molecule has 0 aromatic heterocycles. The Bertz CT molecular complexity index is 534. The van der Waals surface area contributed by atoms with Crippen LogP contribution in [0.2, 0.25) is 0 Å². The molecule has 1 fully saturated rings. The fourth-order valence-electron chi connectivity index (χ4n) is 2.81. The second-order valence-corrected chi connectivity index (χ2v) is 6.40. The predicted molar refractivity (Wildman–Crippen MR) is 85.6 cm³/mol. The summed E-state index contributed by atoms with van der Waals surface area (Å²) in [6.07, 6.45) is 4.17. The van der Waals surface area contributed by atoms with Crippen LogP contribution >= 0.6 is 15.9 Å². The zero-order valence-corrected chi connectivity index (χ0v) is 13.6. The van der Waals surface area contributed by atoms with E-state index in [0.29, 0.717) is 5.56 Å². The van der Waals surface area contributed by atoms with Crippen LogP contribution in [0.5, 0.6) is 0 Å². The molecule has 0 saturated heterocycles. The van der Waals surface area contributed by atoms with Crippen LogP contribution in [0.1, 0.15) is 41.6 Å². The molecule has 1 amide bonds. The van der Waals surface area contributed by atoms with Crippen molar-refractivity contribution in [3.63, 3.8) is 0 Å². The van der Waals surface area contributed by atoms with Crippen LogP contribution in [-0.4, -0.2) is 34.4 Å². The zero-order valence-electron chi connectivity index (χ0n) is 12.1. The second-order valence-electron chi connectivity index (χ2n) is 5.48. The lowest BCUT2D eigenvalue weighted by atomic mass is 10.1. The maximum absolute atomic E-state index is 12.8. The van der Waals surface area contributed by atoms with Crippen LogP contribution < -0.4 is 5.73 Å². The van der Waals surface area contributed by atoms with Gasteiger partial charge in [-0.2, -0.15) is 0 Å². The molecule has 21 heavy (non-hydrogen) atoms. The van der Waals surface area contributed by atoms with Crippen LogP contribution in [0.15, 0.2) is 27.8 Å². The molecule has 0 bridgehead atoms. The number of amides is 1. The molecule has 0 aliphatic heterocycles. The Kier molecular flexibility index (Phi) is 5.22. The smallest absolute Gasteiger partial charge is 0.254 e. The topological polar surface area (TPSA) is 78.9 Å². The van der Waals surface area contributed by atoms with Crippen molar-refractivity contribution in [1.29, 1.82) is 0 Å². The molecular weight excluding hydrogens is 334 g/mol. The molecule has 6 heteroatoms. The van der Waals surface area contributed by atoms with E-state index in [1.54, 1.807) is 4.90 Å². The molecule has 0 radical (unpaired) electrons. The maximum Gasteiger partial charge on any atom is 0.254 e. The van der Waals surface area contributed by atoms with E-state index in [0.717, 1.165) is 35.7 Å². The van der Waals surface area contributed by atoms with Crippen molar-refractivity contribution in [3.8, 4) is 0 Å². The summed E-state index contributed by atoms with van der Waals surface area (Å²) in [6, 6.07) is 5.79. The number of amidine groups is 1. The molecule has 0 heterocycles. The normalized spacial score (nSPS) is 16.2. The molecule has 0 spiro atoms. The summed E-state index contributed by atoms with van der Waals surface area (Å²) >= 11 is 3.42. The highest BCUT2D eigenvalue weighted by atomic mass is 79.9. The fraction of sp³-hybridized carbons (Fsp3) is 0.467. The van der Waals surface area contributed by atoms with Crippen LogP contribution in [0.3, 0.4) is 0 Å². The average molecular weight is 354 g/mol. The molecule has 1 aromatic carbocycles. The molecule has 2 rings (SSSR count). The Morgan fingerprint density at radius 3 is 2.67 bits per heavy atom. The van der Waals surface area contributed by atoms with Gasteiger partial charge in [0.25, 0.3) is 5.91 Å². The summed E-state index contributed by atoms with van der Waals surface area (Å²) in [4.78, 5) is 14.5. The van der Waals surface area contributed by atoms with E-state index in [4.69, 9.17) is 10.9 Å². The highest BCUT2D eigenvalue weighted by Crippen LogP contribution is 2.26. The van der Waals surface area contributed by atoms with Crippen molar-refractivity contribution in [2.75, 3.05) is 6.54 Å². The Hall–Kier alpha value is -1.56. The van der Waals surface area contributed by atoms with E-state index >= 15 is 0 Å². The predicted octanol–water partition coefficient (Wildman–Crippen LogP) is 2.89. The monoisotopic (exact) mass is 353 g/mol. The van der Waals surface area contributed by atoms with Gasteiger partial charge in [-0.25, -0.2) is 0 Å². The minimum atomic E-state index is -0.0714. The summed E-state index contributed by atoms with van der Waals surface area (Å²) in [7, 11) is 0. The van der Waals surface area contributed by atoms with Gasteiger partial charge in [0.05, 0.1) is 6.54 Å². The quantitative estimate of drug-likeness (QED) is 0.378. The number of benzene rings is 1. The molecule has 114 valence electrons. The molecule has 1 saturated carbocycles. The van der Waals surface area contributed by atoms with Gasteiger partial charge in [0.15, 0.2) is 5.84 Å². The van der Waals surface area contributed by atoms with Crippen molar-refractivity contribution in [1.82, 2.24) is 4.90 Å². The first kappa shape index (κ1) is 15.8. The minimum Gasteiger partial charge on any atom is -0.409 e. The van der Waals surface area contributed by atoms with Gasteiger partial charge in [-0.05, 0) is 43.5 Å². The van der Waals surface area contributed by atoms with Gasteiger partial charge in [0.1, 0.15) is 0 Å². The van der Waals surface area contributed by atoms with Crippen LogP contribution in [-0.2, 0) is 0 Å². The summed E-state index contributed by atoms with van der Waals surface area (Å²) in [5, 5.41) is 11.8. The fourth-order valence-corrected chi connectivity index (χ4v) is 3.42. The van der Waals surface area contributed by atoms with E-state index in [-0.39, 0.29) is 24.3 Å². The summed E-state index contributed by atoms with van der Waals surface area (Å²) in [6.45, 7) is 2.11. The number of nitrogens with two attached hydrogens (primary N) is 1. The number of rotatable bonds is 4. The first-order chi connectivity index (χ1) is 10.0. The van der Waals surface area contributed by atoms with E-state index in [1.807, 2.05) is 25.1 Å². The first-order valence-electron chi connectivity index (χ1n) is 7.06. The molecule has 1 aliphatic rings. The number of hydrogen-bond acceptors (Lipinski definition) is 3.